The van der Waals surface area contributed by atoms with Gasteiger partial charge >= 0.3 is 0 Å². The summed E-state index contributed by atoms with van der Waals surface area (Å²) in [5, 5.41) is 3.15. The van der Waals surface area contributed by atoms with Gasteiger partial charge in [0.05, 0.1) is 13.2 Å². The van der Waals surface area contributed by atoms with Crippen LogP contribution in [0.15, 0.2) is 48.5 Å². The quantitative estimate of drug-likeness (QED) is 0.777. The predicted molar refractivity (Wildman–Crippen MR) is 105 cm³/mol. The Labute approximate surface area is 161 Å². The van der Waals surface area contributed by atoms with Crippen LogP contribution in [0, 0.1) is 13.8 Å². The second-order valence-corrected chi connectivity index (χ2v) is 7.13. The van der Waals surface area contributed by atoms with Crippen molar-refractivity contribution in [1.82, 2.24) is 5.32 Å². The van der Waals surface area contributed by atoms with E-state index in [1.54, 1.807) is 0 Å². The minimum atomic E-state index is -0.102. The summed E-state index contributed by atoms with van der Waals surface area (Å²) in [5.41, 5.74) is 3.49. The Hall–Kier alpha value is -2.37. The lowest BCUT2D eigenvalue weighted by atomic mass is 10.1. The first-order valence-electron chi connectivity index (χ1n) is 9.57. The lowest BCUT2D eigenvalue weighted by molar-refractivity contribution is -0.909. The molecule has 1 amide bonds. The molecule has 1 atom stereocenters. The molecule has 5 heteroatoms. The summed E-state index contributed by atoms with van der Waals surface area (Å²) in [4.78, 5) is 14.0. The number of rotatable bonds is 7. The van der Waals surface area contributed by atoms with E-state index in [9.17, 15) is 4.79 Å². The standard InChI is InChI=1S/C22H28N2O3/c1-17-8-9-20(14-18(17)2)27-16-22(25)23-21(19-6-4-3-5-7-19)15-24-10-12-26-13-11-24/h3-9,14,21H,10-13,15-16H2,1-2H3,(H,23,25)/p+1/t21-/m0/s1. The number of hydrogen-bond acceptors (Lipinski definition) is 3. The number of hydrogen-bond donors (Lipinski definition) is 2. The summed E-state index contributed by atoms with van der Waals surface area (Å²) in [7, 11) is 0. The van der Waals surface area contributed by atoms with Gasteiger partial charge in [0.2, 0.25) is 0 Å². The van der Waals surface area contributed by atoms with Crippen LogP contribution >= 0.6 is 0 Å². The molecule has 0 saturated carbocycles. The van der Waals surface area contributed by atoms with Crippen LogP contribution in [-0.2, 0) is 9.53 Å². The maximum absolute atomic E-state index is 12.5. The van der Waals surface area contributed by atoms with Crippen molar-refractivity contribution >= 4 is 5.91 Å². The largest absolute Gasteiger partial charge is 0.484 e. The SMILES string of the molecule is Cc1ccc(OCC(=O)N[C@@H](C[NH+]2CCOCC2)c2ccccc2)cc1C. The maximum Gasteiger partial charge on any atom is 0.258 e. The van der Waals surface area contributed by atoms with Crippen LogP contribution < -0.4 is 15.0 Å². The zero-order chi connectivity index (χ0) is 19.1. The highest BCUT2D eigenvalue weighted by Crippen LogP contribution is 2.16. The number of morpholine rings is 1. The van der Waals surface area contributed by atoms with Gasteiger partial charge in [0.1, 0.15) is 31.4 Å². The highest BCUT2D eigenvalue weighted by molar-refractivity contribution is 5.78. The van der Waals surface area contributed by atoms with Gasteiger partial charge in [0, 0.05) is 0 Å². The molecule has 0 radical (unpaired) electrons. The summed E-state index contributed by atoms with van der Waals surface area (Å²) in [6.45, 7) is 8.47. The van der Waals surface area contributed by atoms with Crippen molar-refractivity contribution in [3.63, 3.8) is 0 Å². The van der Waals surface area contributed by atoms with Gasteiger partial charge in [0.25, 0.3) is 5.91 Å². The Balaban J connectivity index is 1.60. The molecule has 0 spiro atoms. The first kappa shape index (κ1) is 19.4. The van der Waals surface area contributed by atoms with E-state index < -0.39 is 0 Å². The second kappa shape index (κ2) is 9.53. The van der Waals surface area contributed by atoms with Crippen molar-refractivity contribution in [3.05, 3.63) is 65.2 Å². The summed E-state index contributed by atoms with van der Waals surface area (Å²) in [5.74, 6) is 0.623. The van der Waals surface area contributed by atoms with Crippen molar-refractivity contribution < 1.29 is 19.2 Å². The fourth-order valence-electron chi connectivity index (χ4n) is 3.28. The molecule has 1 heterocycles. The van der Waals surface area contributed by atoms with Gasteiger partial charge in [-0.05, 0) is 42.7 Å². The van der Waals surface area contributed by atoms with Crippen LogP contribution in [0.3, 0.4) is 0 Å². The van der Waals surface area contributed by atoms with E-state index in [1.165, 1.54) is 10.5 Å². The summed E-state index contributed by atoms with van der Waals surface area (Å²) >= 11 is 0. The predicted octanol–water partition coefficient (Wildman–Crippen LogP) is 1.45. The monoisotopic (exact) mass is 369 g/mol. The van der Waals surface area contributed by atoms with Gasteiger partial charge in [-0.15, -0.1) is 0 Å². The molecule has 1 aliphatic heterocycles. The Kier molecular flexibility index (Phi) is 6.85. The lowest BCUT2D eigenvalue weighted by Gasteiger charge is -2.28. The molecule has 1 aliphatic rings. The van der Waals surface area contributed by atoms with Crippen molar-refractivity contribution in [2.24, 2.45) is 0 Å². The van der Waals surface area contributed by atoms with Gasteiger partial charge in [-0.1, -0.05) is 36.4 Å². The fraction of sp³-hybridized carbons (Fsp3) is 0.409. The van der Waals surface area contributed by atoms with E-state index in [2.05, 4.69) is 24.4 Å². The molecule has 0 aliphatic carbocycles. The molecular weight excluding hydrogens is 340 g/mol. The molecule has 0 unspecified atom stereocenters. The number of ether oxygens (including phenoxy) is 2. The number of nitrogens with one attached hydrogen (secondary N) is 2. The van der Waals surface area contributed by atoms with E-state index in [-0.39, 0.29) is 18.6 Å². The smallest absolute Gasteiger partial charge is 0.258 e. The molecule has 3 rings (SSSR count). The van der Waals surface area contributed by atoms with Gasteiger partial charge < -0.3 is 19.7 Å². The number of quaternary nitrogens is 1. The van der Waals surface area contributed by atoms with E-state index in [0.29, 0.717) is 0 Å². The molecule has 5 nitrogen and oxygen atoms in total. The molecule has 2 aromatic carbocycles. The molecule has 2 aromatic rings. The second-order valence-electron chi connectivity index (χ2n) is 7.13. The molecule has 144 valence electrons. The van der Waals surface area contributed by atoms with Crippen LogP contribution in [-0.4, -0.2) is 45.4 Å². The van der Waals surface area contributed by atoms with Crippen molar-refractivity contribution in [3.8, 4) is 5.75 Å². The molecule has 27 heavy (non-hydrogen) atoms. The van der Waals surface area contributed by atoms with Gasteiger partial charge in [-0.2, -0.15) is 0 Å². The third kappa shape index (κ3) is 5.81. The Morgan fingerprint density at radius 3 is 2.56 bits per heavy atom. The lowest BCUT2D eigenvalue weighted by Crippen LogP contribution is -3.14. The van der Waals surface area contributed by atoms with Crippen LogP contribution in [0.5, 0.6) is 5.75 Å². The average molecular weight is 369 g/mol. The minimum Gasteiger partial charge on any atom is -0.484 e. The molecular formula is C22H29N2O3+. The normalized spacial score (nSPS) is 15.9. The van der Waals surface area contributed by atoms with Crippen LogP contribution in [0.2, 0.25) is 0 Å². The van der Waals surface area contributed by atoms with Crippen LogP contribution in [0.1, 0.15) is 22.7 Å². The van der Waals surface area contributed by atoms with E-state index >= 15 is 0 Å². The van der Waals surface area contributed by atoms with Crippen molar-refractivity contribution in [2.75, 3.05) is 39.5 Å². The third-order valence-corrected chi connectivity index (χ3v) is 5.08. The molecule has 0 bridgehead atoms. The third-order valence-electron chi connectivity index (χ3n) is 5.08. The average Bonchev–Trinajstić information content (AvgIpc) is 2.70. The van der Waals surface area contributed by atoms with Gasteiger partial charge in [-0.25, -0.2) is 0 Å². The molecule has 1 saturated heterocycles. The first-order valence-corrected chi connectivity index (χ1v) is 9.57. The van der Waals surface area contributed by atoms with Gasteiger partial charge in [-0.3, -0.25) is 4.79 Å². The minimum absolute atomic E-state index is 0.0181. The van der Waals surface area contributed by atoms with Crippen LogP contribution in [0.4, 0.5) is 0 Å². The zero-order valence-electron chi connectivity index (χ0n) is 16.2. The molecule has 2 N–H and O–H groups in total. The van der Waals surface area contributed by atoms with Crippen molar-refractivity contribution in [1.29, 1.82) is 0 Å². The number of benzene rings is 2. The first-order chi connectivity index (χ1) is 13.1. The molecule has 1 fully saturated rings. The number of carbonyl (C=O) groups is 1. The summed E-state index contributed by atoms with van der Waals surface area (Å²) < 4.78 is 11.1. The van der Waals surface area contributed by atoms with Gasteiger partial charge in [0.15, 0.2) is 6.61 Å². The summed E-state index contributed by atoms with van der Waals surface area (Å²) in [6.07, 6.45) is 0. The highest BCUT2D eigenvalue weighted by Gasteiger charge is 2.23. The fourth-order valence-corrected chi connectivity index (χ4v) is 3.28. The maximum atomic E-state index is 12.5. The topological polar surface area (TPSA) is 52.0 Å². The number of aryl methyl sites for hydroxylation is 2. The van der Waals surface area contributed by atoms with Crippen molar-refractivity contribution in [2.45, 2.75) is 19.9 Å². The Bertz CT molecular complexity index is 742. The van der Waals surface area contributed by atoms with Crippen LogP contribution in [0.25, 0.3) is 0 Å². The molecule has 0 aromatic heterocycles. The van der Waals surface area contributed by atoms with E-state index in [1.807, 2.05) is 43.3 Å². The van der Waals surface area contributed by atoms with E-state index in [4.69, 9.17) is 9.47 Å². The number of amides is 1. The van der Waals surface area contributed by atoms with E-state index in [0.717, 1.165) is 49.7 Å². The highest BCUT2D eigenvalue weighted by atomic mass is 16.5. The summed E-state index contributed by atoms with van der Waals surface area (Å²) in [6, 6.07) is 16.0. The zero-order valence-corrected chi connectivity index (χ0v) is 16.2. The Morgan fingerprint density at radius 2 is 1.85 bits per heavy atom. The number of carbonyl (C=O) groups excluding carboxylic acids is 1. The Morgan fingerprint density at radius 1 is 1.11 bits per heavy atom.